The highest BCUT2D eigenvalue weighted by Gasteiger charge is 2.37. The van der Waals surface area contributed by atoms with Gasteiger partial charge in [-0.05, 0) is 113 Å². The van der Waals surface area contributed by atoms with Crippen LogP contribution >= 0.6 is 0 Å². The largest absolute Gasteiger partial charge is 0.491 e. The van der Waals surface area contributed by atoms with Crippen LogP contribution in [0.25, 0.3) is 0 Å². The van der Waals surface area contributed by atoms with Crippen molar-refractivity contribution in [2.75, 3.05) is 44.7 Å². The van der Waals surface area contributed by atoms with E-state index in [1.54, 1.807) is 0 Å². The first kappa shape index (κ1) is 66.6. The van der Waals surface area contributed by atoms with Crippen LogP contribution in [0.2, 0.25) is 0 Å². The number of rotatable bonds is 18. The number of unbranched alkanes of at least 4 members (excludes halogenated alkanes) is 1. The first-order chi connectivity index (χ1) is 38.0. The van der Waals surface area contributed by atoms with Crippen molar-refractivity contribution in [2.45, 2.75) is 85.0 Å². The number of fused-ring (bicyclic) bond motifs is 4. The minimum absolute atomic E-state index is 0.00485. The fourth-order valence-electron chi connectivity index (χ4n) is 8.70. The van der Waals surface area contributed by atoms with Crippen LogP contribution in [0.4, 0.5) is 0 Å². The van der Waals surface area contributed by atoms with Crippen LogP contribution in [0, 0.1) is 0 Å². The van der Waals surface area contributed by atoms with E-state index in [0.29, 0.717) is 29.6 Å². The Morgan fingerprint density at radius 1 is 0.488 bits per heavy atom. The van der Waals surface area contributed by atoms with Gasteiger partial charge in [-0.1, -0.05) is 12.1 Å². The Balaban J connectivity index is 0.000000240. The number of nitrogens with zero attached hydrogens (tertiary/aromatic N) is 1. The molecule has 4 heterocycles. The number of amides is 1. The van der Waals surface area contributed by atoms with Gasteiger partial charge in [0.15, 0.2) is 50.9 Å². The maximum absolute atomic E-state index is 13.3. The number of carboxylic acids is 3. The number of aliphatic carboxylic acids is 2. The van der Waals surface area contributed by atoms with Crippen molar-refractivity contribution in [3.8, 4) is 0 Å². The molecule has 0 atom stereocenters. The quantitative estimate of drug-likeness (QED) is 0.0277. The molecule has 27 nitrogen and oxygen atoms in total. The van der Waals surface area contributed by atoms with Crippen molar-refractivity contribution in [1.29, 1.82) is 0 Å². The number of carboxylic acid groups (broad SMARTS) is 3. The first-order valence-corrected chi connectivity index (χ1v) is 31.9. The van der Waals surface area contributed by atoms with E-state index in [-0.39, 0.29) is 127 Å². The lowest BCUT2D eigenvalue weighted by Gasteiger charge is -2.21. The molecular formula is C47H56B4N2O25S4. The van der Waals surface area contributed by atoms with E-state index in [1.165, 1.54) is 43.3 Å². The van der Waals surface area contributed by atoms with E-state index in [4.69, 9.17) is 34.6 Å². The maximum atomic E-state index is 13.3. The lowest BCUT2D eigenvalue weighted by molar-refractivity contribution is -0.138. The molecule has 9 N–H and O–H groups in total. The zero-order valence-corrected chi connectivity index (χ0v) is 47.8. The third-order valence-corrected chi connectivity index (χ3v) is 17.3. The molecule has 0 unspecified atom stereocenters. The molecule has 0 fully saturated rings. The Kier molecular flexibility index (Phi) is 21.9. The van der Waals surface area contributed by atoms with E-state index in [1.807, 2.05) is 0 Å². The summed E-state index contributed by atoms with van der Waals surface area (Å²) >= 11 is 0. The molecule has 0 saturated carbocycles. The molecule has 440 valence electrons. The molecule has 0 aromatic heterocycles. The standard InChI is InChI=1S/C23H25B2NO12S2.C10H11BO5S.C9H9BO6S.C5H11NO2/c1-39(33,34)20-8-13(6-17-15(20)11-37-24(17)31)19(27)4-3-5-26(10-22(28)29)23(30)14-7-18-16(12-38-25(18)32)21(9-14)40(2,35)36;1-6(12)7-3-9-8(5-16-11(9)13)10(4-7)17(2,14)15;1-17(14,15)8-3-5(9(11)12)2-7-6(8)4-16-10(7)13;6-4-2-1-3-5(7)8/h6-9,31-32H,3-5,10-12H2,1-2H3,(H,28,29);3-4,13H,5H2,1-2H3;2-3,13H,4H2,1H3,(H,11,12);1-4,6H2,(H,7,8). The summed E-state index contributed by atoms with van der Waals surface area (Å²) < 4.78 is 116. The Morgan fingerprint density at radius 3 is 1.17 bits per heavy atom. The molecule has 35 heteroatoms. The zero-order valence-electron chi connectivity index (χ0n) is 44.6. The van der Waals surface area contributed by atoms with E-state index >= 15 is 0 Å². The van der Waals surface area contributed by atoms with Gasteiger partial charge in [0.2, 0.25) is 0 Å². The maximum Gasteiger partial charge on any atom is 0.491 e. The lowest BCUT2D eigenvalue weighted by Crippen LogP contribution is -2.38. The van der Waals surface area contributed by atoms with Gasteiger partial charge in [0.1, 0.15) is 6.54 Å². The number of carbonyl (C=O) groups is 6. The number of aromatic carboxylic acids is 1. The Hall–Kier alpha value is -6.20. The van der Waals surface area contributed by atoms with Crippen molar-refractivity contribution in [3.63, 3.8) is 0 Å². The van der Waals surface area contributed by atoms with Crippen molar-refractivity contribution in [3.05, 3.63) is 93.0 Å². The summed E-state index contributed by atoms with van der Waals surface area (Å²) in [7, 11) is -19.9. The predicted molar refractivity (Wildman–Crippen MR) is 292 cm³/mol. The summed E-state index contributed by atoms with van der Waals surface area (Å²) in [4.78, 5) is 70.2. The second-order valence-corrected chi connectivity index (χ2v) is 27.0. The minimum Gasteiger partial charge on any atom is -0.481 e. The number of sulfone groups is 4. The van der Waals surface area contributed by atoms with Crippen molar-refractivity contribution in [1.82, 2.24) is 4.90 Å². The molecule has 4 aromatic carbocycles. The summed E-state index contributed by atoms with van der Waals surface area (Å²) in [5, 5.41) is 65.5. The van der Waals surface area contributed by atoms with Crippen LogP contribution in [0.3, 0.4) is 0 Å². The number of nitrogens with two attached hydrogens (primary N) is 1. The number of carbonyl (C=O) groups excluding carboxylic acids is 3. The van der Waals surface area contributed by atoms with E-state index in [2.05, 4.69) is 0 Å². The van der Waals surface area contributed by atoms with Gasteiger partial charge in [0, 0.05) is 61.1 Å². The molecule has 0 saturated heterocycles. The summed E-state index contributed by atoms with van der Waals surface area (Å²) in [6, 6.07) is 10.00. The lowest BCUT2D eigenvalue weighted by atomic mass is 9.78. The molecule has 4 aliphatic heterocycles. The number of ketones is 2. The topological polar surface area (TPSA) is 447 Å². The summed E-state index contributed by atoms with van der Waals surface area (Å²) in [6.07, 6.45) is 5.49. The van der Waals surface area contributed by atoms with Gasteiger partial charge in [-0.3, -0.25) is 24.0 Å². The number of benzene rings is 4. The van der Waals surface area contributed by atoms with Gasteiger partial charge < -0.3 is 64.7 Å². The second-order valence-electron chi connectivity index (χ2n) is 19.1. The SMILES string of the molecule is CC(=O)c1cc2c(c(S(C)(=O)=O)c1)COB2O.CS(=O)(=O)c1cc(C(=O)CCCN(CC(=O)O)C(=O)c2cc3c(c(S(C)(=O)=O)c2)COB3O)cc2c1COB2O.CS(=O)(=O)c1cc(C(=O)O)cc2c1COB2O.NCCCCC(=O)O. The van der Waals surface area contributed by atoms with Gasteiger partial charge in [0.25, 0.3) is 5.91 Å². The average molecular weight is 1220 g/mol. The van der Waals surface area contributed by atoms with Crippen LogP contribution in [-0.2, 0) is 94.0 Å². The van der Waals surface area contributed by atoms with Gasteiger partial charge in [-0.15, -0.1) is 0 Å². The van der Waals surface area contributed by atoms with Crippen LogP contribution in [0.1, 0.15) is 103 Å². The molecule has 8 rings (SSSR count). The monoisotopic (exact) mass is 1220 g/mol. The first-order valence-electron chi connectivity index (χ1n) is 24.3. The summed E-state index contributed by atoms with van der Waals surface area (Å²) in [5.41, 5.74) is 7.06. The number of Topliss-reactive ketones (excluding diaryl/α,β-unsaturated/α-hetero) is 2. The Labute approximate surface area is 472 Å². The summed E-state index contributed by atoms with van der Waals surface area (Å²) in [6.45, 7) is 0.654. The zero-order chi connectivity index (χ0) is 61.6. The molecule has 82 heavy (non-hydrogen) atoms. The van der Waals surface area contributed by atoms with Crippen molar-refractivity contribution < 1.29 is 116 Å². The highest BCUT2D eigenvalue weighted by atomic mass is 32.2. The van der Waals surface area contributed by atoms with Crippen molar-refractivity contribution in [2.24, 2.45) is 5.73 Å². The van der Waals surface area contributed by atoms with Crippen LogP contribution in [-0.4, -0.2) is 182 Å². The molecule has 1 amide bonds. The van der Waals surface area contributed by atoms with Crippen LogP contribution in [0.15, 0.2) is 68.1 Å². The Morgan fingerprint density at radius 2 is 0.829 bits per heavy atom. The van der Waals surface area contributed by atoms with Gasteiger partial charge in [-0.2, -0.15) is 0 Å². The molecular weight excluding hydrogens is 1160 g/mol. The van der Waals surface area contributed by atoms with E-state index < -0.39 is 104 Å². The number of hydrogen-bond donors (Lipinski definition) is 8. The molecule has 0 radical (unpaired) electrons. The average Bonchev–Trinajstić information content (AvgIpc) is 4.22. The second kappa shape index (κ2) is 27.0. The fraction of sp³-hybridized carbons (Fsp3) is 0.362. The highest BCUT2D eigenvalue weighted by molar-refractivity contribution is 7.91. The number of hydrogen-bond acceptors (Lipinski definition) is 23. The van der Waals surface area contributed by atoms with Crippen molar-refractivity contribution >= 4 is 125 Å². The van der Waals surface area contributed by atoms with Crippen LogP contribution < -0.4 is 27.6 Å². The third kappa shape index (κ3) is 16.8. The fourth-order valence-corrected chi connectivity index (χ4v) is 12.6. The predicted octanol–water partition coefficient (Wildman–Crippen LogP) is -3.16. The summed E-state index contributed by atoms with van der Waals surface area (Å²) in [5.74, 6) is -4.93. The minimum atomic E-state index is -3.83. The molecule has 0 aliphatic carbocycles. The Bertz CT molecular complexity index is 3570. The van der Waals surface area contributed by atoms with Crippen LogP contribution in [0.5, 0.6) is 0 Å². The van der Waals surface area contributed by atoms with Gasteiger partial charge >= 0.3 is 46.4 Å². The third-order valence-electron chi connectivity index (χ3n) is 12.7. The van der Waals surface area contributed by atoms with Gasteiger partial charge in [-0.25, -0.2) is 38.5 Å². The highest BCUT2D eigenvalue weighted by Crippen LogP contribution is 2.27. The normalized spacial score (nSPS) is 14.2. The molecule has 0 spiro atoms. The molecule has 4 aromatic rings. The smallest absolute Gasteiger partial charge is 0.481 e. The van der Waals surface area contributed by atoms with Gasteiger partial charge in [0.05, 0.1) is 51.6 Å². The van der Waals surface area contributed by atoms with E-state index in [0.717, 1.165) is 48.5 Å². The molecule has 0 bridgehead atoms. The molecule has 4 aliphatic rings. The van der Waals surface area contributed by atoms with E-state index in [9.17, 15) is 87.6 Å².